The zero-order valence-corrected chi connectivity index (χ0v) is 16.1. The van der Waals surface area contributed by atoms with Crippen LogP contribution in [0.25, 0.3) is 0 Å². The third-order valence-corrected chi connectivity index (χ3v) is 6.36. The zero-order chi connectivity index (χ0) is 17.5. The molecule has 0 aromatic rings. The number of ether oxygens (including phenoxy) is 1. The highest BCUT2D eigenvalue weighted by Gasteiger charge is 2.28. The van der Waals surface area contributed by atoms with Crippen molar-refractivity contribution >= 4 is 5.91 Å². The van der Waals surface area contributed by atoms with Gasteiger partial charge in [-0.3, -0.25) is 4.79 Å². The number of piperazine rings is 1. The van der Waals surface area contributed by atoms with Gasteiger partial charge < -0.3 is 19.4 Å². The van der Waals surface area contributed by atoms with E-state index in [1.54, 1.807) is 0 Å². The van der Waals surface area contributed by atoms with E-state index in [-0.39, 0.29) is 0 Å². The third-order valence-electron chi connectivity index (χ3n) is 6.36. The first-order valence-electron chi connectivity index (χ1n) is 10.5. The van der Waals surface area contributed by atoms with Crippen LogP contribution >= 0.6 is 0 Å². The highest BCUT2D eigenvalue weighted by Crippen LogP contribution is 2.29. The first kappa shape index (κ1) is 19.1. The molecule has 5 heteroatoms. The number of carbonyl (C=O) groups excluding carboxylic acids is 1. The molecule has 0 aromatic heterocycles. The Kier molecular flexibility index (Phi) is 7.56. The molecule has 3 aliphatic rings. The Balaban J connectivity index is 1.47. The molecule has 2 heterocycles. The standard InChI is InChI=1S/C20H37N3O2/c1-21-11-13-22(14-12-21)9-4-10-23(19-7-15-25-16-8-19)20(24)17-18-5-2-3-6-18/h18-19H,2-17H2,1H3. The third kappa shape index (κ3) is 5.93. The molecule has 0 atom stereocenters. The molecule has 0 spiro atoms. The molecule has 3 fully saturated rings. The summed E-state index contributed by atoms with van der Waals surface area (Å²) in [6, 6.07) is 0.412. The van der Waals surface area contributed by atoms with Gasteiger partial charge in [0.15, 0.2) is 0 Å². The van der Waals surface area contributed by atoms with E-state index in [9.17, 15) is 4.79 Å². The van der Waals surface area contributed by atoms with Gasteiger partial charge in [0.05, 0.1) is 0 Å². The van der Waals surface area contributed by atoms with E-state index in [2.05, 4.69) is 21.7 Å². The van der Waals surface area contributed by atoms with Gasteiger partial charge in [-0.25, -0.2) is 0 Å². The minimum Gasteiger partial charge on any atom is -0.381 e. The normalized spacial score (nSPS) is 24.7. The molecular weight excluding hydrogens is 314 g/mol. The Morgan fingerprint density at radius 2 is 1.72 bits per heavy atom. The van der Waals surface area contributed by atoms with E-state index in [1.165, 1.54) is 51.9 Å². The molecule has 2 saturated heterocycles. The fraction of sp³-hybridized carbons (Fsp3) is 0.950. The van der Waals surface area contributed by atoms with Gasteiger partial charge in [0, 0.05) is 58.4 Å². The maximum absolute atomic E-state index is 13.0. The molecular formula is C20H37N3O2. The summed E-state index contributed by atoms with van der Waals surface area (Å²) in [6.07, 6.45) is 9.08. The Morgan fingerprint density at radius 3 is 2.40 bits per heavy atom. The SMILES string of the molecule is CN1CCN(CCCN(C(=O)CC2CCCC2)C2CCOCC2)CC1. The Morgan fingerprint density at radius 1 is 1.04 bits per heavy atom. The predicted molar refractivity (Wildman–Crippen MR) is 101 cm³/mol. The highest BCUT2D eigenvalue weighted by atomic mass is 16.5. The van der Waals surface area contributed by atoms with Crippen molar-refractivity contribution in [2.24, 2.45) is 5.92 Å². The van der Waals surface area contributed by atoms with Crippen LogP contribution in [0.2, 0.25) is 0 Å². The van der Waals surface area contributed by atoms with Crippen LogP contribution < -0.4 is 0 Å². The maximum atomic E-state index is 13.0. The first-order chi connectivity index (χ1) is 12.2. The quantitative estimate of drug-likeness (QED) is 0.705. The molecule has 5 nitrogen and oxygen atoms in total. The lowest BCUT2D eigenvalue weighted by Gasteiger charge is -2.36. The maximum Gasteiger partial charge on any atom is 0.223 e. The van der Waals surface area contributed by atoms with Crippen molar-refractivity contribution in [3.63, 3.8) is 0 Å². The Labute approximate surface area is 153 Å². The molecule has 0 unspecified atom stereocenters. The Bertz CT molecular complexity index is 398. The van der Waals surface area contributed by atoms with Crippen molar-refractivity contribution in [3.8, 4) is 0 Å². The second kappa shape index (κ2) is 9.89. The minimum atomic E-state index is 0.412. The van der Waals surface area contributed by atoms with Gasteiger partial charge in [-0.2, -0.15) is 0 Å². The van der Waals surface area contributed by atoms with Gasteiger partial charge >= 0.3 is 0 Å². The molecule has 0 N–H and O–H groups in total. The van der Waals surface area contributed by atoms with Crippen molar-refractivity contribution in [1.82, 2.24) is 14.7 Å². The molecule has 1 aliphatic carbocycles. The lowest BCUT2D eigenvalue weighted by atomic mass is 10.0. The number of hydrogen-bond acceptors (Lipinski definition) is 4. The molecule has 3 rings (SSSR count). The predicted octanol–water partition coefficient (Wildman–Crippen LogP) is 2.21. The highest BCUT2D eigenvalue weighted by molar-refractivity contribution is 5.76. The molecule has 1 saturated carbocycles. The van der Waals surface area contributed by atoms with Crippen molar-refractivity contribution in [2.75, 3.05) is 59.5 Å². The smallest absolute Gasteiger partial charge is 0.223 e. The molecule has 1 amide bonds. The van der Waals surface area contributed by atoms with E-state index in [0.29, 0.717) is 17.9 Å². The lowest BCUT2D eigenvalue weighted by molar-refractivity contribution is -0.136. The fourth-order valence-corrected chi connectivity index (χ4v) is 4.62. The average molecular weight is 352 g/mol. The van der Waals surface area contributed by atoms with E-state index < -0.39 is 0 Å². The van der Waals surface area contributed by atoms with Crippen LogP contribution in [0.15, 0.2) is 0 Å². The van der Waals surface area contributed by atoms with Crippen molar-refractivity contribution in [3.05, 3.63) is 0 Å². The van der Waals surface area contributed by atoms with Crippen LogP contribution in [-0.4, -0.2) is 86.2 Å². The molecule has 25 heavy (non-hydrogen) atoms. The summed E-state index contributed by atoms with van der Waals surface area (Å²) >= 11 is 0. The molecule has 0 radical (unpaired) electrons. The summed E-state index contributed by atoms with van der Waals surface area (Å²) in [4.78, 5) is 20.2. The van der Waals surface area contributed by atoms with Gasteiger partial charge in [0.25, 0.3) is 0 Å². The fourth-order valence-electron chi connectivity index (χ4n) is 4.62. The van der Waals surface area contributed by atoms with Crippen LogP contribution in [0.1, 0.15) is 51.4 Å². The van der Waals surface area contributed by atoms with E-state index in [4.69, 9.17) is 4.74 Å². The van der Waals surface area contributed by atoms with E-state index in [1.807, 2.05) is 0 Å². The van der Waals surface area contributed by atoms with Crippen molar-refractivity contribution < 1.29 is 9.53 Å². The van der Waals surface area contributed by atoms with Gasteiger partial charge in [-0.05, 0) is 51.6 Å². The Hall–Kier alpha value is -0.650. The molecule has 0 aromatic carbocycles. The monoisotopic (exact) mass is 351 g/mol. The number of hydrogen-bond donors (Lipinski definition) is 0. The van der Waals surface area contributed by atoms with Gasteiger partial charge in [0.2, 0.25) is 5.91 Å². The van der Waals surface area contributed by atoms with Crippen molar-refractivity contribution in [2.45, 2.75) is 57.4 Å². The van der Waals surface area contributed by atoms with Crippen LogP contribution in [0.4, 0.5) is 0 Å². The summed E-state index contributed by atoms with van der Waals surface area (Å²) in [7, 11) is 2.20. The molecule has 144 valence electrons. The second-order valence-electron chi connectivity index (χ2n) is 8.28. The zero-order valence-electron chi connectivity index (χ0n) is 16.1. The minimum absolute atomic E-state index is 0.412. The van der Waals surface area contributed by atoms with Crippen LogP contribution in [0.3, 0.4) is 0 Å². The number of nitrogens with zero attached hydrogens (tertiary/aromatic N) is 3. The van der Waals surface area contributed by atoms with Crippen LogP contribution in [0, 0.1) is 5.92 Å². The van der Waals surface area contributed by atoms with Crippen LogP contribution in [-0.2, 0) is 9.53 Å². The van der Waals surface area contributed by atoms with E-state index >= 15 is 0 Å². The van der Waals surface area contributed by atoms with Crippen molar-refractivity contribution in [1.29, 1.82) is 0 Å². The largest absolute Gasteiger partial charge is 0.381 e. The number of likely N-dealkylation sites (N-methyl/N-ethyl adjacent to an activating group) is 1. The summed E-state index contributed by atoms with van der Waals surface area (Å²) in [5.74, 6) is 1.06. The molecule has 0 bridgehead atoms. The second-order valence-corrected chi connectivity index (χ2v) is 8.28. The first-order valence-corrected chi connectivity index (χ1v) is 10.5. The van der Waals surface area contributed by atoms with Crippen LogP contribution in [0.5, 0.6) is 0 Å². The van der Waals surface area contributed by atoms with Gasteiger partial charge in [-0.15, -0.1) is 0 Å². The summed E-state index contributed by atoms with van der Waals surface area (Å²) < 4.78 is 5.52. The topological polar surface area (TPSA) is 36.0 Å². The lowest BCUT2D eigenvalue weighted by Crippen LogP contribution is -2.47. The summed E-state index contributed by atoms with van der Waals surface area (Å²) in [5, 5.41) is 0. The number of amides is 1. The average Bonchev–Trinajstić information content (AvgIpc) is 3.14. The summed E-state index contributed by atoms with van der Waals surface area (Å²) in [6.45, 7) is 8.38. The summed E-state index contributed by atoms with van der Waals surface area (Å²) in [5.41, 5.74) is 0. The van der Waals surface area contributed by atoms with Gasteiger partial charge in [0.1, 0.15) is 0 Å². The molecule has 2 aliphatic heterocycles. The number of carbonyl (C=O) groups is 1. The van der Waals surface area contributed by atoms with Gasteiger partial charge in [-0.1, -0.05) is 12.8 Å². The number of rotatable bonds is 7. The van der Waals surface area contributed by atoms with E-state index in [0.717, 1.165) is 52.0 Å².